The van der Waals surface area contributed by atoms with Gasteiger partial charge in [-0.05, 0) is 50.4 Å². The zero-order valence-corrected chi connectivity index (χ0v) is 11.5. The highest BCUT2D eigenvalue weighted by Crippen LogP contribution is 2.49. The summed E-state index contributed by atoms with van der Waals surface area (Å²) in [6.45, 7) is 2.63. The van der Waals surface area contributed by atoms with E-state index in [0.29, 0.717) is 17.1 Å². The molecule has 2 aliphatic rings. The second-order valence-corrected chi connectivity index (χ2v) is 5.96. The van der Waals surface area contributed by atoms with Crippen molar-refractivity contribution in [3.8, 4) is 0 Å². The van der Waals surface area contributed by atoms with Crippen molar-refractivity contribution < 1.29 is 9.90 Å². The lowest BCUT2D eigenvalue weighted by atomic mass is 9.98. The summed E-state index contributed by atoms with van der Waals surface area (Å²) < 4.78 is 1.65. The third kappa shape index (κ3) is 2.46. The summed E-state index contributed by atoms with van der Waals surface area (Å²) in [5.74, 6) is 2.20. The molecule has 104 valence electrons. The maximum Gasteiger partial charge on any atom is 0.341 e. The van der Waals surface area contributed by atoms with Crippen molar-refractivity contribution in [1.82, 2.24) is 9.78 Å². The molecule has 2 saturated carbocycles. The number of anilines is 1. The average molecular weight is 263 g/mol. The van der Waals surface area contributed by atoms with E-state index >= 15 is 0 Å². The molecule has 2 aliphatic carbocycles. The fourth-order valence-corrected chi connectivity index (χ4v) is 3.10. The van der Waals surface area contributed by atoms with Crippen molar-refractivity contribution in [2.45, 2.75) is 32.6 Å². The number of rotatable bonds is 6. The van der Waals surface area contributed by atoms with Gasteiger partial charge in [-0.2, -0.15) is 5.10 Å². The molecule has 3 rings (SSSR count). The Balaban J connectivity index is 1.73. The molecular formula is C14H21N3O2. The molecule has 0 aromatic carbocycles. The van der Waals surface area contributed by atoms with Gasteiger partial charge in [-0.25, -0.2) is 4.79 Å². The predicted octanol–water partition coefficient (Wildman–Crippen LogP) is 2.27. The zero-order valence-electron chi connectivity index (χ0n) is 11.5. The fraction of sp³-hybridized carbons (Fsp3) is 0.714. The van der Waals surface area contributed by atoms with Crippen molar-refractivity contribution in [3.63, 3.8) is 0 Å². The summed E-state index contributed by atoms with van der Waals surface area (Å²) in [4.78, 5) is 11.3. The smallest absolute Gasteiger partial charge is 0.341 e. The van der Waals surface area contributed by atoms with Crippen molar-refractivity contribution in [1.29, 1.82) is 0 Å². The number of hydrogen-bond donors (Lipinski definition) is 2. The van der Waals surface area contributed by atoms with Gasteiger partial charge >= 0.3 is 5.97 Å². The van der Waals surface area contributed by atoms with Crippen LogP contribution in [0.15, 0.2) is 0 Å². The lowest BCUT2D eigenvalue weighted by Crippen LogP contribution is -2.20. The number of aromatic carboxylic acids is 1. The zero-order chi connectivity index (χ0) is 13.6. The van der Waals surface area contributed by atoms with E-state index in [9.17, 15) is 9.90 Å². The third-order valence-electron chi connectivity index (χ3n) is 4.40. The highest BCUT2D eigenvalue weighted by Gasteiger charge is 2.41. The summed E-state index contributed by atoms with van der Waals surface area (Å²) in [5.41, 5.74) is 0.889. The molecule has 1 heterocycles. The van der Waals surface area contributed by atoms with Gasteiger partial charge in [-0.15, -0.1) is 0 Å². The number of carboxylic acids is 1. The molecule has 0 unspecified atom stereocenters. The van der Waals surface area contributed by atoms with E-state index < -0.39 is 5.97 Å². The number of nitrogens with zero attached hydrogens (tertiary/aromatic N) is 2. The Labute approximate surface area is 113 Å². The standard InChI is InChI=1S/C14H21N3O2/c1-8-12(14(18)19)13(17(2)16-8)15-7-11(9-3-4-9)10-5-6-10/h9-11,15H,3-7H2,1-2H3,(H,18,19). The van der Waals surface area contributed by atoms with Crippen LogP contribution in [0.1, 0.15) is 41.7 Å². The van der Waals surface area contributed by atoms with Crippen molar-refractivity contribution in [2.75, 3.05) is 11.9 Å². The van der Waals surface area contributed by atoms with Gasteiger partial charge in [0.05, 0.1) is 5.69 Å². The number of carboxylic acid groups (broad SMARTS) is 1. The normalized spacial score (nSPS) is 18.9. The van der Waals surface area contributed by atoms with E-state index in [-0.39, 0.29) is 0 Å². The van der Waals surface area contributed by atoms with Crippen LogP contribution < -0.4 is 5.32 Å². The molecule has 1 aromatic rings. The molecule has 0 spiro atoms. The van der Waals surface area contributed by atoms with Gasteiger partial charge in [-0.3, -0.25) is 4.68 Å². The number of hydrogen-bond acceptors (Lipinski definition) is 3. The molecule has 0 aliphatic heterocycles. The average Bonchev–Trinajstić information content (AvgIpc) is 3.21. The molecule has 0 saturated heterocycles. The number of aromatic nitrogens is 2. The van der Waals surface area contributed by atoms with Crippen LogP contribution in [0, 0.1) is 24.7 Å². The van der Waals surface area contributed by atoms with Gasteiger partial charge in [-0.1, -0.05) is 0 Å². The maximum absolute atomic E-state index is 11.3. The first-order chi connectivity index (χ1) is 9.08. The van der Waals surface area contributed by atoms with Crippen LogP contribution in [0.2, 0.25) is 0 Å². The fourth-order valence-electron chi connectivity index (χ4n) is 3.10. The minimum atomic E-state index is -0.900. The first kappa shape index (κ1) is 12.5. The van der Waals surface area contributed by atoms with Crippen LogP contribution in [0.5, 0.6) is 0 Å². The van der Waals surface area contributed by atoms with Crippen LogP contribution in [0.4, 0.5) is 5.82 Å². The van der Waals surface area contributed by atoms with Gasteiger partial charge in [0.25, 0.3) is 0 Å². The van der Waals surface area contributed by atoms with E-state index in [1.54, 1.807) is 18.7 Å². The van der Waals surface area contributed by atoms with E-state index in [0.717, 1.165) is 24.3 Å². The predicted molar refractivity (Wildman–Crippen MR) is 72.3 cm³/mol. The highest BCUT2D eigenvalue weighted by atomic mass is 16.4. The van der Waals surface area contributed by atoms with Gasteiger partial charge < -0.3 is 10.4 Å². The first-order valence-corrected chi connectivity index (χ1v) is 7.08. The van der Waals surface area contributed by atoms with E-state index in [4.69, 9.17) is 0 Å². The van der Waals surface area contributed by atoms with Crippen molar-refractivity contribution >= 4 is 11.8 Å². The molecule has 2 N–H and O–H groups in total. The minimum absolute atomic E-state index is 0.313. The Hall–Kier alpha value is -1.52. The Bertz CT molecular complexity index is 489. The number of nitrogens with one attached hydrogen (secondary N) is 1. The minimum Gasteiger partial charge on any atom is -0.477 e. The highest BCUT2D eigenvalue weighted by molar-refractivity contribution is 5.94. The lowest BCUT2D eigenvalue weighted by Gasteiger charge is -2.17. The SMILES string of the molecule is Cc1nn(C)c(NCC(C2CC2)C2CC2)c1C(=O)O. The van der Waals surface area contributed by atoms with Crippen LogP contribution >= 0.6 is 0 Å². The molecule has 5 heteroatoms. The van der Waals surface area contributed by atoms with E-state index in [2.05, 4.69) is 10.4 Å². The summed E-state index contributed by atoms with van der Waals surface area (Å²) in [5, 5.41) is 16.8. The molecule has 2 fully saturated rings. The van der Waals surface area contributed by atoms with Crippen LogP contribution in [-0.2, 0) is 7.05 Å². The third-order valence-corrected chi connectivity index (χ3v) is 4.40. The molecule has 5 nitrogen and oxygen atoms in total. The number of aryl methyl sites for hydroxylation is 2. The molecule has 0 radical (unpaired) electrons. The monoisotopic (exact) mass is 263 g/mol. The Morgan fingerprint density at radius 3 is 2.47 bits per heavy atom. The molecule has 19 heavy (non-hydrogen) atoms. The molecule has 0 atom stereocenters. The summed E-state index contributed by atoms with van der Waals surface area (Å²) >= 11 is 0. The second kappa shape index (κ2) is 4.54. The van der Waals surface area contributed by atoms with Crippen molar-refractivity contribution in [2.24, 2.45) is 24.8 Å². The van der Waals surface area contributed by atoms with Gasteiger partial charge in [0, 0.05) is 13.6 Å². The van der Waals surface area contributed by atoms with Gasteiger partial charge in [0.15, 0.2) is 0 Å². The molecule has 0 amide bonds. The number of carbonyl (C=O) groups is 1. The van der Waals surface area contributed by atoms with Gasteiger partial charge in [0.1, 0.15) is 11.4 Å². The largest absolute Gasteiger partial charge is 0.477 e. The van der Waals surface area contributed by atoms with Gasteiger partial charge in [0.2, 0.25) is 0 Å². The summed E-state index contributed by atoms with van der Waals surface area (Å²) in [7, 11) is 1.80. The van der Waals surface area contributed by atoms with E-state index in [1.165, 1.54) is 25.7 Å². The first-order valence-electron chi connectivity index (χ1n) is 7.08. The van der Waals surface area contributed by atoms with Crippen molar-refractivity contribution in [3.05, 3.63) is 11.3 Å². The Morgan fingerprint density at radius 2 is 2.00 bits per heavy atom. The maximum atomic E-state index is 11.3. The van der Waals surface area contributed by atoms with Crippen LogP contribution in [-0.4, -0.2) is 27.4 Å². The molecule has 1 aromatic heterocycles. The lowest BCUT2D eigenvalue weighted by molar-refractivity contribution is 0.0697. The molecule has 0 bridgehead atoms. The van der Waals surface area contributed by atoms with E-state index in [1.807, 2.05) is 0 Å². The van der Waals surface area contributed by atoms with Crippen LogP contribution in [0.25, 0.3) is 0 Å². The second-order valence-electron chi connectivity index (χ2n) is 5.96. The summed E-state index contributed by atoms with van der Waals surface area (Å²) in [6, 6.07) is 0. The quantitative estimate of drug-likeness (QED) is 0.826. The Morgan fingerprint density at radius 1 is 1.42 bits per heavy atom. The molecular weight excluding hydrogens is 242 g/mol. The summed E-state index contributed by atoms with van der Waals surface area (Å²) in [6.07, 6.45) is 5.39. The topological polar surface area (TPSA) is 67.2 Å². The Kier molecular flexibility index (Phi) is 2.99. The van der Waals surface area contributed by atoms with Crippen LogP contribution in [0.3, 0.4) is 0 Å².